The van der Waals surface area contributed by atoms with Crippen molar-refractivity contribution in [1.29, 1.82) is 0 Å². The van der Waals surface area contributed by atoms with Crippen LogP contribution in [0.4, 0.5) is 0 Å². The molecule has 0 bridgehead atoms. The second-order valence-corrected chi connectivity index (χ2v) is 5.67. The Kier molecular flexibility index (Phi) is 5.93. The molecule has 2 rings (SSSR count). The molecule has 0 aliphatic carbocycles. The zero-order valence-electron chi connectivity index (χ0n) is 10.6. The Morgan fingerprint density at radius 2 is 1.95 bits per heavy atom. The van der Waals surface area contributed by atoms with E-state index in [1.807, 2.05) is 11.8 Å². The van der Waals surface area contributed by atoms with Crippen LogP contribution in [0.15, 0.2) is 18.2 Å². The third kappa shape index (κ3) is 3.76. The fourth-order valence-corrected chi connectivity index (χ4v) is 2.97. The molecule has 19 heavy (non-hydrogen) atoms. The van der Waals surface area contributed by atoms with Crippen molar-refractivity contribution in [3.05, 3.63) is 33.8 Å². The zero-order valence-corrected chi connectivity index (χ0v) is 12.9. The highest BCUT2D eigenvalue weighted by Crippen LogP contribution is 2.26. The van der Waals surface area contributed by atoms with Crippen LogP contribution in [0.3, 0.4) is 0 Å². The number of nitrogens with two attached hydrogens (primary N) is 1. The second kappa shape index (κ2) is 6.80. The molecule has 0 radical (unpaired) electrons. The minimum Gasteiger partial charge on any atom is -0.336 e. The SMILES string of the molecule is CC1CC(CN)CN1C(=O)c1cc(Cl)cc(Cl)c1.Cl. The van der Waals surface area contributed by atoms with E-state index in [9.17, 15) is 4.79 Å². The highest BCUT2D eigenvalue weighted by molar-refractivity contribution is 6.35. The topological polar surface area (TPSA) is 46.3 Å². The molecule has 2 atom stereocenters. The van der Waals surface area contributed by atoms with Gasteiger partial charge in [-0.2, -0.15) is 0 Å². The van der Waals surface area contributed by atoms with Crippen molar-refractivity contribution >= 4 is 41.5 Å². The minimum absolute atomic E-state index is 0. The molecule has 0 saturated carbocycles. The smallest absolute Gasteiger partial charge is 0.254 e. The van der Waals surface area contributed by atoms with Crippen molar-refractivity contribution in [1.82, 2.24) is 4.90 Å². The van der Waals surface area contributed by atoms with Crippen LogP contribution in [0.2, 0.25) is 10.0 Å². The average molecular weight is 324 g/mol. The molecule has 3 nitrogen and oxygen atoms in total. The summed E-state index contributed by atoms with van der Waals surface area (Å²) in [5, 5.41) is 0.959. The summed E-state index contributed by atoms with van der Waals surface area (Å²) in [6, 6.07) is 5.13. The van der Waals surface area contributed by atoms with Gasteiger partial charge < -0.3 is 10.6 Å². The average Bonchev–Trinajstić information content (AvgIpc) is 2.68. The summed E-state index contributed by atoms with van der Waals surface area (Å²) in [5.41, 5.74) is 6.20. The molecular formula is C13H17Cl3N2O. The number of likely N-dealkylation sites (tertiary alicyclic amines) is 1. The number of hydrogen-bond donors (Lipinski definition) is 1. The third-order valence-corrected chi connectivity index (χ3v) is 3.80. The van der Waals surface area contributed by atoms with Crippen molar-refractivity contribution in [2.24, 2.45) is 11.7 Å². The van der Waals surface area contributed by atoms with Gasteiger partial charge in [-0.3, -0.25) is 4.79 Å². The fraction of sp³-hybridized carbons (Fsp3) is 0.462. The highest BCUT2D eigenvalue weighted by atomic mass is 35.5. The fourth-order valence-electron chi connectivity index (χ4n) is 2.44. The summed E-state index contributed by atoms with van der Waals surface area (Å²) in [6.07, 6.45) is 0.955. The quantitative estimate of drug-likeness (QED) is 0.908. The lowest BCUT2D eigenvalue weighted by molar-refractivity contribution is 0.0743. The van der Waals surface area contributed by atoms with Gasteiger partial charge in [0.05, 0.1) is 0 Å². The normalized spacial score (nSPS) is 22.2. The van der Waals surface area contributed by atoms with Crippen molar-refractivity contribution in [3.8, 4) is 0 Å². The molecule has 2 N–H and O–H groups in total. The molecule has 1 aromatic carbocycles. The maximum atomic E-state index is 12.4. The van der Waals surface area contributed by atoms with E-state index in [4.69, 9.17) is 28.9 Å². The molecule has 1 aliphatic heterocycles. The van der Waals surface area contributed by atoms with E-state index in [1.54, 1.807) is 18.2 Å². The number of carbonyl (C=O) groups excluding carboxylic acids is 1. The molecular weight excluding hydrogens is 307 g/mol. The van der Waals surface area contributed by atoms with Gasteiger partial charge in [-0.15, -0.1) is 12.4 Å². The van der Waals surface area contributed by atoms with Crippen LogP contribution >= 0.6 is 35.6 Å². The first-order chi connectivity index (χ1) is 8.51. The van der Waals surface area contributed by atoms with E-state index in [2.05, 4.69) is 0 Å². The predicted octanol–water partition coefficient (Wildman–Crippen LogP) is 3.22. The Morgan fingerprint density at radius 1 is 1.37 bits per heavy atom. The Hall–Kier alpha value is -0.480. The summed E-state index contributed by atoms with van der Waals surface area (Å²) in [6.45, 7) is 3.37. The highest BCUT2D eigenvalue weighted by Gasteiger charge is 2.32. The Labute approximate surface area is 129 Å². The molecule has 2 unspecified atom stereocenters. The van der Waals surface area contributed by atoms with Gasteiger partial charge in [-0.25, -0.2) is 0 Å². The summed E-state index contributed by atoms with van der Waals surface area (Å²) in [4.78, 5) is 14.2. The van der Waals surface area contributed by atoms with Gasteiger partial charge in [0.2, 0.25) is 0 Å². The van der Waals surface area contributed by atoms with Gasteiger partial charge >= 0.3 is 0 Å². The molecule has 1 fully saturated rings. The zero-order chi connectivity index (χ0) is 13.3. The molecule has 1 aromatic rings. The van der Waals surface area contributed by atoms with E-state index < -0.39 is 0 Å². The van der Waals surface area contributed by atoms with Crippen LogP contribution < -0.4 is 5.73 Å². The Morgan fingerprint density at radius 3 is 2.42 bits per heavy atom. The maximum absolute atomic E-state index is 12.4. The Balaban J connectivity index is 0.00000180. The van der Waals surface area contributed by atoms with Crippen LogP contribution in [0.25, 0.3) is 0 Å². The molecule has 1 heterocycles. The number of halogens is 3. The molecule has 1 amide bonds. The first-order valence-electron chi connectivity index (χ1n) is 5.98. The number of carbonyl (C=O) groups is 1. The second-order valence-electron chi connectivity index (χ2n) is 4.80. The van der Waals surface area contributed by atoms with Crippen LogP contribution in [0.1, 0.15) is 23.7 Å². The maximum Gasteiger partial charge on any atom is 0.254 e. The molecule has 1 saturated heterocycles. The van der Waals surface area contributed by atoms with Gasteiger partial charge in [0.1, 0.15) is 0 Å². The van der Waals surface area contributed by atoms with E-state index in [0.29, 0.717) is 34.6 Å². The number of rotatable bonds is 2. The third-order valence-electron chi connectivity index (χ3n) is 3.37. The van der Waals surface area contributed by atoms with Gasteiger partial charge in [-0.05, 0) is 44.0 Å². The van der Waals surface area contributed by atoms with E-state index in [1.165, 1.54) is 0 Å². The van der Waals surface area contributed by atoms with Crippen LogP contribution in [0.5, 0.6) is 0 Å². The lowest BCUT2D eigenvalue weighted by atomic mass is 10.1. The minimum atomic E-state index is -0.0251. The number of amides is 1. The first kappa shape index (κ1) is 16.6. The van der Waals surface area contributed by atoms with E-state index in [-0.39, 0.29) is 24.4 Å². The van der Waals surface area contributed by atoms with Gasteiger partial charge in [-0.1, -0.05) is 23.2 Å². The number of hydrogen-bond acceptors (Lipinski definition) is 2. The van der Waals surface area contributed by atoms with Crippen LogP contribution in [0, 0.1) is 5.92 Å². The lowest BCUT2D eigenvalue weighted by Gasteiger charge is -2.21. The van der Waals surface area contributed by atoms with Crippen LogP contribution in [-0.2, 0) is 0 Å². The first-order valence-corrected chi connectivity index (χ1v) is 6.74. The molecule has 0 spiro atoms. The molecule has 106 valence electrons. The lowest BCUT2D eigenvalue weighted by Crippen LogP contribution is -2.34. The van der Waals surface area contributed by atoms with E-state index in [0.717, 1.165) is 6.42 Å². The summed E-state index contributed by atoms with van der Waals surface area (Å²) in [7, 11) is 0. The standard InChI is InChI=1S/C13H16Cl2N2O.ClH/c1-8-2-9(6-16)7-17(8)13(18)10-3-11(14)5-12(15)4-10;/h3-5,8-9H,2,6-7,16H2,1H3;1H. The van der Waals surface area contributed by atoms with Crippen molar-refractivity contribution in [2.75, 3.05) is 13.1 Å². The predicted molar refractivity (Wildman–Crippen MR) is 81.4 cm³/mol. The molecule has 1 aliphatic rings. The number of nitrogens with zero attached hydrogens (tertiary/aromatic N) is 1. The van der Waals surface area contributed by atoms with Gasteiger partial charge in [0.25, 0.3) is 5.91 Å². The largest absolute Gasteiger partial charge is 0.336 e. The van der Waals surface area contributed by atoms with E-state index >= 15 is 0 Å². The summed E-state index contributed by atoms with van der Waals surface area (Å²) in [5.74, 6) is 0.362. The van der Waals surface area contributed by atoms with Crippen molar-refractivity contribution in [3.63, 3.8) is 0 Å². The summed E-state index contributed by atoms with van der Waals surface area (Å²) < 4.78 is 0. The van der Waals surface area contributed by atoms with Gasteiger partial charge in [0, 0.05) is 28.2 Å². The van der Waals surface area contributed by atoms with Crippen molar-refractivity contribution in [2.45, 2.75) is 19.4 Å². The van der Waals surface area contributed by atoms with Crippen LogP contribution in [-0.4, -0.2) is 29.9 Å². The molecule has 6 heteroatoms. The Bertz CT molecular complexity index is 447. The summed E-state index contributed by atoms with van der Waals surface area (Å²) >= 11 is 11.8. The van der Waals surface area contributed by atoms with Gasteiger partial charge in [0.15, 0.2) is 0 Å². The molecule has 0 aromatic heterocycles. The number of benzene rings is 1. The van der Waals surface area contributed by atoms with Crippen molar-refractivity contribution < 1.29 is 4.79 Å². The monoisotopic (exact) mass is 322 g/mol.